The normalized spacial score (nSPS) is 13.2. The second-order valence-corrected chi connectivity index (χ2v) is 5.15. The maximum atomic E-state index is 13.3. The molecule has 0 radical (unpaired) electrons. The quantitative estimate of drug-likeness (QED) is 0.855. The Morgan fingerprint density at radius 1 is 1.29 bits per heavy atom. The summed E-state index contributed by atoms with van der Waals surface area (Å²) in [5, 5.41) is 0. The largest absolute Gasteiger partial charge is 0.468 e. The number of hydrogen-bond donors (Lipinski definition) is 0. The molecule has 2 aromatic rings. The number of hydrogen-bond acceptors (Lipinski definition) is 5. The van der Waals surface area contributed by atoms with E-state index in [0.29, 0.717) is 17.1 Å². The van der Waals surface area contributed by atoms with E-state index in [9.17, 15) is 18.0 Å². The van der Waals surface area contributed by atoms with Gasteiger partial charge in [0.1, 0.15) is 0 Å². The Balaban J connectivity index is 2.10. The molecule has 0 unspecified atom stereocenters. The molecule has 1 aliphatic rings. The van der Waals surface area contributed by atoms with Gasteiger partial charge in [-0.3, -0.25) is 9.36 Å². The van der Waals surface area contributed by atoms with Gasteiger partial charge in [-0.05, 0) is 17.7 Å². The molecule has 9 heteroatoms. The van der Waals surface area contributed by atoms with Crippen molar-refractivity contribution in [3.63, 3.8) is 0 Å². The number of fused-ring (bicyclic) bond motifs is 1. The molecule has 0 aliphatic carbocycles. The molecule has 0 saturated carbocycles. The van der Waals surface area contributed by atoms with Gasteiger partial charge in [-0.15, -0.1) is 0 Å². The van der Waals surface area contributed by atoms with Gasteiger partial charge in [0.2, 0.25) is 6.79 Å². The maximum Gasteiger partial charge on any atom is 0.434 e. The first kappa shape index (κ1) is 16.2. The Morgan fingerprint density at radius 2 is 2.00 bits per heavy atom. The van der Waals surface area contributed by atoms with Crippen molar-refractivity contribution < 1.29 is 27.4 Å². The van der Waals surface area contributed by atoms with E-state index in [1.807, 2.05) is 0 Å². The monoisotopic (exact) mass is 342 g/mol. The second-order valence-electron chi connectivity index (χ2n) is 5.15. The Morgan fingerprint density at radius 3 is 2.67 bits per heavy atom. The Labute approximate surface area is 134 Å². The summed E-state index contributed by atoms with van der Waals surface area (Å²) in [6, 6.07) is 4.32. The first-order valence-corrected chi connectivity index (χ1v) is 6.91. The minimum absolute atomic E-state index is 0.0540. The fourth-order valence-electron chi connectivity index (χ4n) is 2.46. The van der Waals surface area contributed by atoms with Crippen molar-refractivity contribution in [2.24, 2.45) is 7.05 Å². The smallest absolute Gasteiger partial charge is 0.434 e. The first-order chi connectivity index (χ1) is 11.3. The molecule has 0 atom stereocenters. The predicted octanol–water partition coefficient (Wildman–Crippen LogP) is 2.13. The molecule has 0 saturated heterocycles. The highest BCUT2D eigenvalue weighted by Gasteiger charge is 2.38. The van der Waals surface area contributed by atoms with Crippen LogP contribution in [0.5, 0.6) is 17.5 Å². The summed E-state index contributed by atoms with van der Waals surface area (Å²) in [4.78, 5) is 15.8. The topological polar surface area (TPSA) is 62.6 Å². The van der Waals surface area contributed by atoms with Gasteiger partial charge in [0.15, 0.2) is 17.2 Å². The van der Waals surface area contributed by atoms with Crippen LogP contribution in [-0.4, -0.2) is 23.5 Å². The van der Waals surface area contributed by atoms with Gasteiger partial charge in [0.05, 0.1) is 12.7 Å². The summed E-state index contributed by atoms with van der Waals surface area (Å²) in [6.07, 6.45) is -5.01. The Kier molecular flexibility index (Phi) is 3.86. The zero-order chi connectivity index (χ0) is 17.5. The first-order valence-electron chi connectivity index (χ1n) is 6.91. The molecular formula is C15H13F3N2O4. The minimum Gasteiger partial charge on any atom is -0.468 e. The van der Waals surface area contributed by atoms with E-state index in [4.69, 9.17) is 14.2 Å². The molecule has 6 nitrogen and oxygen atoms in total. The standard InChI is InChI=1S/C15H13F3N2O4/c1-20-13(21)9(12(15(16,17)18)19-14(20)22-2)5-8-3-4-10-11(6-8)24-7-23-10/h3-4,6H,5,7H2,1-2H3. The zero-order valence-corrected chi connectivity index (χ0v) is 12.8. The molecule has 2 heterocycles. The van der Waals surface area contributed by atoms with Gasteiger partial charge in [0.25, 0.3) is 11.6 Å². The number of aromatic nitrogens is 2. The van der Waals surface area contributed by atoms with Gasteiger partial charge in [0, 0.05) is 13.5 Å². The lowest BCUT2D eigenvalue weighted by Gasteiger charge is -2.15. The molecule has 1 aromatic carbocycles. The molecule has 0 N–H and O–H groups in total. The molecular weight excluding hydrogens is 329 g/mol. The van der Waals surface area contributed by atoms with E-state index in [2.05, 4.69) is 4.98 Å². The van der Waals surface area contributed by atoms with Crippen molar-refractivity contribution in [3.05, 3.63) is 45.4 Å². The van der Waals surface area contributed by atoms with Crippen LogP contribution in [0, 0.1) is 0 Å². The fraction of sp³-hybridized carbons (Fsp3) is 0.333. The zero-order valence-electron chi connectivity index (χ0n) is 12.8. The van der Waals surface area contributed by atoms with Crippen molar-refractivity contribution in [2.45, 2.75) is 12.6 Å². The van der Waals surface area contributed by atoms with Crippen LogP contribution in [-0.2, 0) is 19.6 Å². The van der Waals surface area contributed by atoms with Gasteiger partial charge in [-0.1, -0.05) is 6.07 Å². The highest BCUT2D eigenvalue weighted by Crippen LogP contribution is 2.35. The third-order valence-electron chi connectivity index (χ3n) is 3.61. The van der Waals surface area contributed by atoms with Crippen LogP contribution in [0.2, 0.25) is 0 Å². The number of methoxy groups -OCH3 is 1. The lowest BCUT2D eigenvalue weighted by Crippen LogP contribution is -2.29. The summed E-state index contributed by atoms with van der Waals surface area (Å²) in [5.74, 6) is 0.940. The van der Waals surface area contributed by atoms with Crippen molar-refractivity contribution >= 4 is 0 Å². The van der Waals surface area contributed by atoms with E-state index in [1.54, 1.807) is 18.2 Å². The summed E-state index contributed by atoms with van der Waals surface area (Å²) < 4.78 is 55.9. The van der Waals surface area contributed by atoms with E-state index in [-0.39, 0.29) is 13.2 Å². The molecule has 0 fully saturated rings. The molecule has 0 amide bonds. The SMILES string of the molecule is COc1nc(C(F)(F)F)c(Cc2ccc3c(c2)OCO3)c(=O)n1C. The lowest BCUT2D eigenvalue weighted by molar-refractivity contribution is -0.142. The number of nitrogens with zero attached hydrogens (tertiary/aromatic N) is 2. The molecule has 24 heavy (non-hydrogen) atoms. The van der Waals surface area contributed by atoms with Crippen LogP contribution >= 0.6 is 0 Å². The van der Waals surface area contributed by atoms with Crippen LogP contribution in [0.3, 0.4) is 0 Å². The summed E-state index contributed by atoms with van der Waals surface area (Å²) in [5.41, 5.74) is -2.04. The van der Waals surface area contributed by atoms with Crippen molar-refractivity contribution in [1.82, 2.24) is 9.55 Å². The van der Waals surface area contributed by atoms with E-state index in [0.717, 1.165) is 11.7 Å². The summed E-state index contributed by atoms with van der Waals surface area (Å²) >= 11 is 0. The average molecular weight is 342 g/mol. The third kappa shape index (κ3) is 2.77. The predicted molar refractivity (Wildman–Crippen MR) is 76.4 cm³/mol. The maximum absolute atomic E-state index is 13.3. The number of halogens is 3. The van der Waals surface area contributed by atoms with Gasteiger partial charge in [-0.25, -0.2) is 0 Å². The molecule has 3 rings (SSSR count). The highest BCUT2D eigenvalue weighted by atomic mass is 19.4. The fourth-order valence-corrected chi connectivity index (χ4v) is 2.46. The Bertz CT molecular complexity index is 846. The van der Waals surface area contributed by atoms with Crippen molar-refractivity contribution in [1.29, 1.82) is 0 Å². The van der Waals surface area contributed by atoms with Crippen molar-refractivity contribution in [3.8, 4) is 17.5 Å². The van der Waals surface area contributed by atoms with E-state index < -0.39 is 29.0 Å². The second kappa shape index (κ2) is 5.73. The van der Waals surface area contributed by atoms with E-state index in [1.165, 1.54) is 7.05 Å². The number of benzene rings is 1. The highest BCUT2D eigenvalue weighted by molar-refractivity contribution is 5.46. The van der Waals surface area contributed by atoms with Crippen LogP contribution in [0.25, 0.3) is 0 Å². The van der Waals surface area contributed by atoms with Crippen LogP contribution in [0.15, 0.2) is 23.0 Å². The summed E-state index contributed by atoms with van der Waals surface area (Å²) in [6.45, 7) is 0.0540. The lowest BCUT2D eigenvalue weighted by atomic mass is 10.0. The van der Waals surface area contributed by atoms with Crippen LogP contribution in [0.1, 0.15) is 16.8 Å². The number of rotatable bonds is 3. The van der Waals surface area contributed by atoms with Crippen LogP contribution in [0.4, 0.5) is 13.2 Å². The number of alkyl halides is 3. The van der Waals surface area contributed by atoms with Crippen molar-refractivity contribution in [2.75, 3.05) is 13.9 Å². The van der Waals surface area contributed by atoms with Crippen LogP contribution < -0.4 is 19.8 Å². The Hall–Kier alpha value is -2.71. The van der Waals surface area contributed by atoms with Gasteiger partial charge in [-0.2, -0.15) is 18.2 Å². The van der Waals surface area contributed by atoms with E-state index >= 15 is 0 Å². The number of ether oxygens (including phenoxy) is 3. The molecule has 0 bridgehead atoms. The third-order valence-corrected chi connectivity index (χ3v) is 3.61. The average Bonchev–Trinajstić information content (AvgIpc) is 2.98. The molecule has 1 aliphatic heterocycles. The van der Waals surface area contributed by atoms with Gasteiger partial charge >= 0.3 is 6.18 Å². The molecule has 1 aromatic heterocycles. The molecule has 0 spiro atoms. The summed E-state index contributed by atoms with van der Waals surface area (Å²) in [7, 11) is 2.46. The minimum atomic E-state index is -4.77. The van der Waals surface area contributed by atoms with Gasteiger partial charge < -0.3 is 14.2 Å². The molecule has 128 valence electrons.